The summed E-state index contributed by atoms with van der Waals surface area (Å²) < 4.78 is 0. The van der Waals surface area contributed by atoms with Gasteiger partial charge in [-0.1, -0.05) is 49.4 Å². The average Bonchev–Trinajstić information content (AvgIpc) is 3.30. The molecule has 2 aliphatic heterocycles. The molecule has 0 atom stereocenters. The molecule has 0 bridgehead atoms. The Labute approximate surface area is 225 Å². The average molecular weight is 517 g/mol. The molecule has 0 N–H and O–H groups in total. The van der Waals surface area contributed by atoms with Crippen molar-refractivity contribution in [2.24, 2.45) is 0 Å². The molecule has 5 rings (SSSR count). The Morgan fingerprint density at radius 3 is 2.43 bits per heavy atom. The molecule has 196 valence electrons. The van der Waals surface area contributed by atoms with Gasteiger partial charge in [-0.3, -0.25) is 14.7 Å². The van der Waals surface area contributed by atoms with E-state index in [0.717, 1.165) is 96.5 Å². The van der Waals surface area contributed by atoms with Crippen LogP contribution in [0, 0.1) is 0 Å². The summed E-state index contributed by atoms with van der Waals surface area (Å²) in [6, 6.07) is 10.6. The van der Waals surface area contributed by atoms with Crippen molar-refractivity contribution in [2.75, 3.05) is 70.3 Å². The van der Waals surface area contributed by atoms with Crippen LogP contribution in [0.5, 0.6) is 0 Å². The van der Waals surface area contributed by atoms with Gasteiger partial charge < -0.3 is 4.90 Å². The van der Waals surface area contributed by atoms with E-state index in [1.165, 1.54) is 26.2 Å². The quantitative estimate of drug-likeness (QED) is 0.351. The number of thiophene rings is 1. The number of likely N-dealkylation sites (N-methyl/N-ethyl adjacent to an activating group) is 1. The number of hydrogen-bond donors (Lipinski definition) is 0. The summed E-state index contributed by atoms with van der Waals surface area (Å²) in [4.78, 5) is 23.1. The number of hydrogen-bond acceptors (Lipinski definition) is 7. The number of aromatic nitrogens is 2. The van der Waals surface area contributed by atoms with Crippen LogP contribution in [0.4, 0.5) is 5.82 Å². The lowest BCUT2D eigenvalue weighted by Crippen LogP contribution is -2.49. The minimum atomic E-state index is 0.774. The maximum absolute atomic E-state index is 5.25. The van der Waals surface area contributed by atoms with Gasteiger partial charge in [0.2, 0.25) is 0 Å². The van der Waals surface area contributed by atoms with E-state index in [1.807, 2.05) is 23.5 Å². The standard InChI is InChI=1S/C30H40N6S/c1-4-13-34(14-5-2)16-17-35-18-20-36(21-19-35)29-28-25-12-15-33(6-3)23-26(25)37-30(28)32-27(31-29)22-24-10-8-7-9-11-24/h4-5,7-11H,1-2,6,12-23H2,3H3. The van der Waals surface area contributed by atoms with Crippen molar-refractivity contribution in [1.29, 1.82) is 0 Å². The van der Waals surface area contributed by atoms with Crippen LogP contribution < -0.4 is 4.90 Å². The molecule has 2 aromatic heterocycles. The number of rotatable bonds is 11. The molecule has 3 aromatic rings. The third-order valence-corrected chi connectivity index (χ3v) is 8.75. The van der Waals surface area contributed by atoms with Crippen molar-refractivity contribution in [3.8, 4) is 0 Å². The third kappa shape index (κ3) is 6.12. The number of fused-ring (bicyclic) bond motifs is 3. The summed E-state index contributed by atoms with van der Waals surface area (Å²) >= 11 is 1.89. The maximum Gasteiger partial charge on any atom is 0.141 e. The number of piperazine rings is 1. The molecule has 0 amide bonds. The first-order chi connectivity index (χ1) is 18.2. The second kappa shape index (κ2) is 12.3. The molecule has 1 aromatic carbocycles. The van der Waals surface area contributed by atoms with Gasteiger partial charge in [0.25, 0.3) is 0 Å². The first kappa shape index (κ1) is 26.0. The summed E-state index contributed by atoms with van der Waals surface area (Å²) in [6.07, 6.45) is 5.84. The molecule has 4 heterocycles. The normalized spacial score (nSPS) is 16.9. The van der Waals surface area contributed by atoms with E-state index >= 15 is 0 Å². The SMILES string of the molecule is C=CCN(CC=C)CCN1CCN(c2nc(Cc3ccccc3)nc3sc4c(c23)CCN(CC)C4)CC1. The topological polar surface area (TPSA) is 38.7 Å². The molecule has 0 aliphatic carbocycles. The van der Waals surface area contributed by atoms with Crippen molar-refractivity contribution in [2.45, 2.75) is 26.3 Å². The monoisotopic (exact) mass is 516 g/mol. The molecule has 7 heteroatoms. The summed E-state index contributed by atoms with van der Waals surface area (Å²) in [5.74, 6) is 2.10. The van der Waals surface area contributed by atoms with Crippen LogP contribution in [0.3, 0.4) is 0 Å². The van der Waals surface area contributed by atoms with E-state index in [2.05, 4.69) is 70.0 Å². The molecule has 6 nitrogen and oxygen atoms in total. The van der Waals surface area contributed by atoms with Crippen molar-refractivity contribution >= 4 is 27.4 Å². The van der Waals surface area contributed by atoms with Gasteiger partial charge >= 0.3 is 0 Å². The molecule has 1 fully saturated rings. The lowest BCUT2D eigenvalue weighted by molar-refractivity contribution is 0.214. The zero-order valence-corrected chi connectivity index (χ0v) is 23.1. The Hall–Kier alpha value is -2.58. The number of anilines is 1. The van der Waals surface area contributed by atoms with Crippen molar-refractivity contribution in [1.82, 2.24) is 24.7 Å². The van der Waals surface area contributed by atoms with Gasteiger partial charge in [0, 0.05) is 76.7 Å². The molecule has 2 aliphatic rings. The molecular formula is C30H40N6S. The van der Waals surface area contributed by atoms with Crippen LogP contribution in [0.2, 0.25) is 0 Å². The van der Waals surface area contributed by atoms with Gasteiger partial charge in [0.05, 0.1) is 5.39 Å². The highest BCUT2D eigenvalue weighted by molar-refractivity contribution is 7.19. The minimum absolute atomic E-state index is 0.774. The smallest absolute Gasteiger partial charge is 0.141 e. The van der Waals surface area contributed by atoms with E-state index in [-0.39, 0.29) is 0 Å². The fraction of sp³-hybridized carbons (Fsp3) is 0.467. The Balaban J connectivity index is 1.37. The predicted octanol–water partition coefficient (Wildman–Crippen LogP) is 4.46. The van der Waals surface area contributed by atoms with Gasteiger partial charge in [-0.15, -0.1) is 24.5 Å². The van der Waals surface area contributed by atoms with E-state index in [9.17, 15) is 0 Å². The van der Waals surface area contributed by atoms with Crippen LogP contribution in [0.1, 0.15) is 28.8 Å². The molecular weight excluding hydrogens is 476 g/mol. The molecule has 37 heavy (non-hydrogen) atoms. The summed E-state index contributed by atoms with van der Waals surface area (Å²) in [5, 5.41) is 1.32. The van der Waals surface area contributed by atoms with Crippen molar-refractivity contribution in [3.05, 3.63) is 77.5 Å². The Morgan fingerprint density at radius 1 is 0.973 bits per heavy atom. The van der Waals surface area contributed by atoms with Crippen molar-refractivity contribution < 1.29 is 0 Å². The molecule has 0 unspecified atom stereocenters. The second-order valence-corrected chi connectivity index (χ2v) is 11.2. The summed E-state index contributed by atoms with van der Waals surface area (Å²) in [7, 11) is 0. The van der Waals surface area contributed by atoms with Gasteiger partial charge in [-0.25, -0.2) is 9.97 Å². The largest absolute Gasteiger partial charge is 0.353 e. The van der Waals surface area contributed by atoms with Gasteiger partial charge in [0.1, 0.15) is 16.5 Å². The highest BCUT2D eigenvalue weighted by atomic mass is 32.1. The second-order valence-electron chi connectivity index (χ2n) is 10.1. The summed E-state index contributed by atoms with van der Waals surface area (Å²) in [6.45, 7) is 21.4. The third-order valence-electron chi connectivity index (χ3n) is 7.64. The minimum Gasteiger partial charge on any atom is -0.353 e. The fourth-order valence-corrected chi connectivity index (χ4v) is 6.79. The van der Waals surface area contributed by atoms with E-state index in [1.54, 1.807) is 0 Å². The highest BCUT2D eigenvalue weighted by Crippen LogP contribution is 2.39. The maximum atomic E-state index is 5.25. The molecule has 0 spiro atoms. The van der Waals surface area contributed by atoms with E-state index in [4.69, 9.17) is 9.97 Å². The fourth-order valence-electron chi connectivity index (χ4n) is 5.52. The lowest BCUT2D eigenvalue weighted by atomic mass is 10.0. The molecule has 0 saturated carbocycles. The Morgan fingerprint density at radius 2 is 1.73 bits per heavy atom. The van der Waals surface area contributed by atoms with Gasteiger partial charge in [0.15, 0.2) is 0 Å². The highest BCUT2D eigenvalue weighted by Gasteiger charge is 2.27. The van der Waals surface area contributed by atoms with E-state index in [0.29, 0.717) is 0 Å². The predicted molar refractivity (Wildman–Crippen MR) is 157 cm³/mol. The molecule has 1 saturated heterocycles. The molecule has 0 radical (unpaired) electrons. The van der Waals surface area contributed by atoms with Crippen molar-refractivity contribution in [3.63, 3.8) is 0 Å². The summed E-state index contributed by atoms with van der Waals surface area (Å²) in [5.41, 5.74) is 2.76. The lowest BCUT2D eigenvalue weighted by Gasteiger charge is -2.37. The first-order valence-corrected chi connectivity index (χ1v) is 14.5. The Bertz CT molecular complexity index is 1190. The Kier molecular flexibility index (Phi) is 8.66. The van der Waals surface area contributed by atoms with Gasteiger partial charge in [-0.2, -0.15) is 0 Å². The zero-order chi connectivity index (χ0) is 25.6. The van der Waals surface area contributed by atoms with Crippen LogP contribution in [-0.4, -0.2) is 90.1 Å². The number of benzene rings is 1. The zero-order valence-electron chi connectivity index (χ0n) is 22.2. The number of nitrogens with zero attached hydrogens (tertiary/aromatic N) is 6. The van der Waals surface area contributed by atoms with E-state index < -0.39 is 0 Å². The van der Waals surface area contributed by atoms with Crippen LogP contribution in [0.15, 0.2) is 55.6 Å². The van der Waals surface area contributed by atoms with Gasteiger partial charge in [-0.05, 0) is 24.1 Å². The first-order valence-electron chi connectivity index (χ1n) is 13.7. The van der Waals surface area contributed by atoms with Crippen LogP contribution in [0.25, 0.3) is 10.2 Å². The van der Waals surface area contributed by atoms with Crippen LogP contribution >= 0.6 is 11.3 Å². The van der Waals surface area contributed by atoms with Crippen LogP contribution in [-0.2, 0) is 19.4 Å².